The lowest BCUT2D eigenvalue weighted by molar-refractivity contribution is 0.0461. The SMILES string of the molecule is CCOc1ccccc1NC(=O)N1CC(Oc2ccc(Cl)cn2)C1. The van der Waals surface area contributed by atoms with Gasteiger partial charge in [-0.3, -0.25) is 0 Å². The average molecular weight is 348 g/mol. The molecule has 3 rings (SSSR count). The van der Waals surface area contributed by atoms with Crippen molar-refractivity contribution < 1.29 is 14.3 Å². The summed E-state index contributed by atoms with van der Waals surface area (Å²) in [5.41, 5.74) is 0.660. The normalized spacial score (nSPS) is 14.0. The summed E-state index contributed by atoms with van der Waals surface area (Å²) in [6, 6.07) is 10.6. The highest BCUT2D eigenvalue weighted by Gasteiger charge is 2.32. The molecule has 2 heterocycles. The van der Waals surface area contributed by atoms with Gasteiger partial charge in [0.25, 0.3) is 0 Å². The molecule has 0 bridgehead atoms. The van der Waals surface area contributed by atoms with Crippen LogP contribution in [0.25, 0.3) is 0 Å². The molecule has 1 aromatic carbocycles. The van der Waals surface area contributed by atoms with Crippen molar-refractivity contribution in [3.63, 3.8) is 0 Å². The molecule has 0 radical (unpaired) electrons. The Kier molecular flexibility index (Phi) is 5.05. The number of urea groups is 1. The van der Waals surface area contributed by atoms with Crippen molar-refractivity contribution in [1.29, 1.82) is 0 Å². The van der Waals surface area contributed by atoms with Crippen LogP contribution in [0.1, 0.15) is 6.92 Å². The molecular weight excluding hydrogens is 330 g/mol. The number of hydrogen-bond acceptors (Lipinski definition) is 4. The lowest BCUT2D eigenvalue weighted by Gasteiger charge is -2.38. The number of rotatable bonds is 5. The summed E-state index contributed by atoms with van der Waals surface area (Å²) in [5.74, 6) is 1.16. The number of benzene rings is 1. The van der Waals surface area contributed by atoms with Gasteiger partial charge in [0.05, 0.1) is 30.4 Å². The van der Waals surface area contributed by atoms with Gasteiger partial charge in [0, 0.05) is 12.3 Å². The molecule has 0 unspecified atom stereocenters. The van der Waals surface area contributed by atoms with E-state index in [-0.39, 0.29) is 12.1 Å². The topological polar surface area (TPSA) is 63.7 Å². The molecular formula is C17H18ClN3O3. The predicted molar refractivity (Wildman–Crippen MR) is 91.9 cm³/mol. The van der Waals surface area contributed by atoms with Gasteiger partial charge in [-0.1, -0.05) is 23.7 Å². The number of ether oxygens (including phenoxy) is 2. The highest BCUT2D eigenvalue weighted by atomic mass is 35.5. The molecule has 126 valence electrons. The lowest BCUT2D eigenvalue weighted by Crippen LogP contribution is -2.57. The molecule has 24 heavy (non-hydrogen) atoms. The van der Waals surface area contributed by atoms with Crippen LogP contribution in [0.4, 0.5) is 10.5 Å². The van der Waals surface area contributed by atoms with Crippen molar-refractivity contribution in [3.05, 3.63) is 47.6 Å². The molecule has 1 N–H and O–H groups in total. The summed E-state index contributed by atoms with van der Waals surface area (Å²) in [4.78, 5) is 18.0. The standard InChI is InChI=1S/C17H18ClN3O3/c1-2-23-15-6-4-3-5-14(15)20-17(22)21-10-13(11-21)24-16-8-7-12(18)9-19-16/h3-9,13H,2,10-11H2,1H3,(H,20,22). The van der Waals surface area contributed by atoms with Gasteiger partial charge >= 0.3 is 6.03 Å². The van der Waals surface area contributed by atoms with Crippen LogP contribution in [-0.2, 0) is 0 Å². The van der Waals surface area contributed by atoms with Crippen LogP contribution >= 0.6 is 11.6 Å². The Morgan fingerprint density at radius 3 is 2.83 bits per heavy atom. The van der Waals surface area contributed by atoms with E-state index in [0.29, 0.717) is 42.0 Å². The third kappa shape index (κ3) is 3.89. The molecule has 1 fully saturated rings. The van der Waals surface area contributed by atoms with E-state index < -0.39 is 0 Å². The smallest absolute Gasteiger partial charge is 0.322 e. The highest BCUT2D eigenvalue weighted by Crippen LogP contribution is 2.25. The minimum absolute atomic E-state index is 0.0634. The van der Waals surface area contributed by atoms with Crippen LogP contribution in [0, 0.1) is 0 Å². The number of carbonyl (C=O) groups excluding carboxylic acids is 1. The molecule has 1 aliphatic heterocycles. The van der Waals surface area contributed by atoms with Crippen molar-refractivity contribution in [2.45, 2.75) is 13.0 Å². The van der Waals surface area contributed by atoms with Gasteiger partial charge in [0.15, 0.2) is 0 Å². The molecule has 7 heteroatoms. The maximum absolute atomic E-state index is 12.3. The van der Waals surface area contributed by atoms with Gasteiger partial charge in [-0.25, -0.2) is 9.78 Å². The first-order valence-electron chi connectivity index (χ1n) is 7.71. The lowest BCUT2D eigenvalue weighted by atomic mass is 10.2. The number of nitrogens with one attached hydrogen (secondary N) is 1. The molecule has 0 aliphatic carbocycles. The van der Waals surface area contributed by atoms with Crippen LogP contribution in [0.3, 0.4) is 0 Å². The van der Waals surface area contributed by atoms with Gasteiger partial charge < -0.3 is 19.7 Å². The number of carbonyl (C=O) groups is 1. The zero-order chi connectivity index (χ0) is 16.9. The second-order valence-electron chi connectivity index (χ2n) is 5.32. The second kappa shape index (κ2) is 7.40. The predicted octanol–water partition coefficient (Wildman–Crippen LogP) is 3.43. The summed E-state index contributed by atoms with van der Waals surface area (Å²) in [6.45, 7) is 3.46. The number of halogens is 1. The van der Waals surface area contributed by atoms with E-state index in [4.69, 9.17) is 21.1 Å². The molecule has 1 saturated heterocycles. The first-order chi connectivity index (χ1) is 11.7. The molecule has 0 atom stereocenters. The maximum Gasteiger partial charge on any atom is 0.322 e. The van der Waals surface area contributed by atoms with Gasteiger partial charge in [0.2, 0.25) is 5.88 Å². The zero-order valence-corrected chi connectivity index (χ0v) is 14.0. The highest BCUT2D eigenvalue weighted by molar-refractivity contribution is 6.30. The van der Waals surface area contributed by atoms with Crippen LogP contribution in [0.15, 0.2) is 42.6 Å². The fourth-order valence-corrected chi connectivity index (χ4v) is 2.44. The Balaban J connectivity index is 1.51. The van der Waals surface area contributed by atoms with E-state index in [9.17, 15) is 4.79 Å². The van der Waals surface area contributed by atoms with Crippen LogP contribution in [-0.4, -0.2) is 41.7 Å². The fourth-order valence-electron chi connectivity index (χ4n) is 2.33. The van der Waals surface area contributed by atoms with Gasteiger partial charge in [-0.05, 0) is 25.1 Å². The quantitative estimate of drug-likeness (QED) is 0.900. The minimum atomic E-state index is -0.175. The van der Waals surface area contributed by atoms with Gasteiger partial charge in [-0.2, -0.15) is 0 Å². The summed E-state index contributed by atoms with van der Waals surface area (Å²) < 4.78 is 11.2. The molecule has 0 saturated carbocycles. The van der Waals surface area contributed by atoms with Crippen molar-refractivity contribution in [2.75, 3.05) is 25.0 Å². The number of pyridine rings is 1. The Morgan fingerprint density at radius 1 is 1.33 bits per heavy atom. The summed E-state index contributed by atoms with van der Waals surface area (Å²) in [5, 5.41) is 3.42. The maximum atomic E-state index is 12.3. The molecule has 6 nitrogen and oxygen atoms in total. The van der Waals surface area contributed by atoms with Crippen molar-refractivity contribution >= 4 is 23.3 Å². The van der Waals surface area contributed by atoms with Gasteiger partial charge in [0.1, 0.15) is 11.9 Å². The van der Waals surface area contributed by atoms with Crippen LogP contribution in [0.2, 0.25) is 5.02 Å². The Labute approximate surface area is 145 Å². The molecule has 1 aromatic heterocycles. The van der Waals surface area contributed by atoms with Crippen LogP contribution in [0.5, 0.6) is 11.6 Å². The van der Waals surface area contributed by atoms with E-state index in [0.717, 1.165) is 0 Å². The molecule has 2 amide bonds. The Morgan fingerprint density at radius 2 is 2.12 bits per heavy atom. The number of nitrogens with zero attached hydrogens (tertiary/aromatic N) is 2. The molecule has 0 spiro atoms. The van der Waals surface area contributed by atoms with E-state index in [1.807, 2.05) is 31.2 Å². The monoisotopic (exact) mass is 347 g/mol. The number of amides is 2. The minimum Gasteiger partial charge on any atom is -0.492 e. The van der Waals surface area contributed by atoms with Crippen molar-refractivity contribution in [1.82, 2.24) is 9.88 Å². The van der Waals surface area contributed by atoms with E-state index in [2.05, 4.69) is 10.3 Å². The molecule has 1 aliphatic rings. The van der Waals surface area contributed by atoms with E-state index in [1.54, 1.807) is 17.0 Å². The number of anilines is 1. The van der Waals surface area contributed by atoms with Crippen molar-refractivity contribution in [2.24, 2.45) is 0 Å². The Bertz CT molecular complexity index is 702. The first-order valence-corrected chi connectivity index (χ1v) is 8.09. The first kappa shape index (κ1) is 16.4. The largest absolute Gasteiger partial charge is 0.492 e. The van der Waals surface area contributed by atoms with Gasteiger partial charge in [-0.15, -0.1) is 0 Å². The summed E-state index contributed by atoms with van der Waals surface area (Å²) in [6.07, 6.45) is 1.47. The third-order valence-corrected chi connectivity index (χ3v) is 3.77. The number of likely N-dealkylation sites (tertiary alicyclic amines) is 1. The third-order valence-electron chi connectivity index (χ3n) is 3.55. The molecule has 2 aromatic rings. The summed E-state index contributed by atoms with van der Waals surface area (Å²) in [7, 11) is 0. The Hall–Kier alpha value is -2.47. The zero-order valence-electron chi connectivity index (χ0n) is 13.2. The van der Waals surface area contributed by atoms with Crippen LogP contribution < -0.4 is 14.8 Å². The summed E-state index contributed by atoms with van der Waals surface area (Å²) >= 11 is 5.78. The average Bonchev–Trinajstić information content (AvgIpc) is 2.54. The van der Waals surface area contributed by atoms with E-state index in [1.165, 1.54) is 6.20 Å². The number of para-hydroxylation sites is 2. The van der Waals surface area contributed by atoms with Crippen molar-refractivity contribution in [3.8, 4) is 11.6 Å². The fraction of sp³-hybridized carbons (Fsp3) is 0.294. The number of aromatic nitrogens is 1. The second-order valence-corrected chi connectivity index (χ2v) is 5.76. The number of hydrogen-bond donors (Lipinski definition) is 1. The van der Waals surface area contributed by atoms with E-state index >= 15 is 0 Å².